The molecule has 0 aliphatic rings. The van der Waals surface area contributed by atoms with Gasteiger partial charge in [0.05, 0.1) is 36.5 Å². The number of aliphatic hydroxyl groups excluding tert-OH is 2. The number of hydrogen-bond acceptors (Lipinski definition) is 6. The molecule has 0 heterocycles. The van der Waals surface area contributed by atoms with Crippen LogP contribution in [0.5, 0.6) is 0 Å². The maximum atomic E-state index is 11.2. The van der Waals surface area contributed by atoms with Crippen LogP contribution < -0.4 is 0 Å². The molecule has 6 heteroatoms. The third-order valence-corrected chi connectivity index (χ3v) is 3.58. The lowest BCUT2D eigenvalue weighted by Crippen LogP contribution is -2.10. The van der Waals surface area contributed by atoms with Crippen LogP contribution in [0, 0.1) is 0 Å². The molecule has 0 spiro atoms. The van der Waals surface area contributed by atoms with Gasteiger partial charge in [-0.1, -0.05) is 50.2 Å². The Labute approximate surface area is 185 Å². The molecule has 0 saturated carbocycles. The largest absolute Gasteiger partial charge is 0.462 e. The fourth-order valence-electron chi connectivity index (χ4n) is 2.20. The normalized spacial score (nSPS) is 11.5. The maximum absolute atomic E-state index is 11.2. The Morgan fingerprint density at radius 1 is 0.710 bits per heavy atom. The van der Waals surface area contributed by atoms with Crippen molar-refractivity contribution in [3.8, 4) is 0 Å². The van der Waals surface area contributed by atoms with Gasteiger partial charge in [0.2, 0.25) is 0 Å². The zero-order valence-electron chi connectivity index (χ0n) is 19.0. The number of esters is 2. The number of aliphatic hydroxyl groups is 2. The quantitative estimate of drug-likeness (QED) is 0.590. The zero-order chi connectivity index (χ0) is 23.5. The molecule has 172 valence electrons. The first-order chi connectivity index (χ1) is 14.8. The Balaban J connectivity index is 0.000000454. The Morgan fingerprint density at radius 2 is 1.03 bits per heavy atom. The lowest BCUT2D eigenvalue weighted by molar-refractivity contribution is 0.0496. The fourth-order valence-corrected chi connectivity index (χ4v) is 2.20. The predicted octanol–water partition coefficient (Wildman–Crippen LogP) is 4.64. The number of rotatable bonds is 8. The van der Waals surface area contributed by atoms with Crippen molar-refractivity contribution in [1.29, 1.82) is 0 Å². The van der Waals surface area contributed by atoms with Crippen LogP contribution in [-0.4, -0.2) is 47.6 Å². The molecule has 2 atom stereocenters. The number of hydrogen-bond donors (Lipinski definition) is 2. The summed E-state index contributed by atoms with van der Waals surface area (Å²) in [5.41, 5.74) is 1.23. The first-order valence-electron chi connectivity index (χ1n) is 10.6. The van der Waals surface area contributed by atoms with E-state index in [0.29, 0.717) is 30.8 Å². The average molecular weight is 433 g/mol. The van der Waals surface area contributed by atoms with Crippen LogP contribution in [-0.2, 0) is 9.47 Å². The van der Waals surface area contributed by atoms with E-state index >= 15 is 0 Å². The van der Waals surface area contributed by atoms with Crippen molar-refractivity contribution < 1.29 is 29.3 Å². The highest BCUT2D eigenvalue weighted by Gasteiger charge is 2.04. The molecule has 0 saturated heterocycles. The van der Waals surface area contributed by atoms with E-state index in [1.54, 1.807) is 38.1 Å². The van der Waals surface area contributed by atoms with Crippen molar-refractivity contribution in [2.24, 2.45) is 0 Å². The molecule has 0 aliphatic carbocycles. The highest BCUT2D eigenvalue weighted by atomic mass is 16.5. The summed E-state index contributed by atoms with van der Waals surface area (Å²) in [6, 6.07) is 18.0. The number of benzene rings is 2. The smallest absolute Gasteiger partial charge is 0.338 e. The molecule has 6 nitrogen and oxygen atoms in total. The van der Waals surface area contributed by atoms with Gasteiger partial charge in [0, 0.05) is 0 Å². The average Bonchev–Trinajstić information content (AvgIpc) is 2.77. The summed E-state index contributed by atoms with van der Waals surface area (Å²) >= 11 is 0. The second-order valence-corrected chi connectivity index (χ2v) is 6.94. The predicted molar refractivity (Wildman–Crippen MR) is 122 cm³/mol. The summed E-state index contributed by atoms with van der Waals surface area (Å²) < 4.78 is 9.88. The third kappa shape index (κ3) is 15.8. The van der Waals surface area contributed by atoms with Crippen molar-refractivity contribution in [3.05, 3.63) is 71.8 Å². The lowest BCUT2D eigenvalue weighted by atomic mass is 10.2. The summed E-state index contributed by atoms with van der Waals surface area (Å²) in [7, 11) is 0. The molecule has 2 unspecified atom stereocenters. The molecular formula is C25H36O6. The van der Waals surface area contributed by atoms with E-state index in [0.717, 1.165) is 12.8 Å². The Hall–Kier alpha value is -2.70. The zero-order valence-corrected chi connectivity index (χ0v) is 19.0. The number of ether oxygens (including phenoxy) is 2. The molecule has 31 heavy (non-hydrogen) atoms. The molecular weight excluding hydrogens is 396 g/mol. The van der Waals surface area contributed by atoms with Crippen LogP contribution in [0.3, 0.4) is 0 Å². The summed E-state index contributed by atoms with van der Waals surface area (Å²) in [5, 5.41) is 17.1. The topological polar surface area (TPSA) is 93.1 Å². The van der Waals surface area contributed by atoms with Crippen molar-refractivity contribution >= 4 is 11.9 Å². The van der Waals surface area contributed by atoms with Gasteiger partial charge in [-0.2, -0.15) is 0 Å². The van der Waals surface area contributed by atoms with Gasteiger partial charge in [-0.3, -0.25) is 0 Å². The molecule has 0 aromatic heterocycles. The van der Waals surface area contributed by atoms with Gasteiger partial charge in [-0.05, 0) is 57.4 Å². The molecule has 0 radical (unpaired) electrons. The van der Waals surface area contributed by atoms with E-state index in [4.69, 9.17) is 19.7 Å². The maximum Gasteiger partial charge on any atom is 0.338 e. The lowest BCUT2D eigenvalue weighted by Gasteiger charge is -2.04. The van der Waals surface area contributed by atoms with Crippen LogP contribution in [0.15, 0.2) is 60.7 Å². The number of carbonyl (C=O) groups excluding carboxylic acids is 2. The third-order valence-electron chi connectivity index (χ3n) is 3.58. The Kier molecular flexibility index (Phi) is 16.5. The van der Waals surface area contributed by atoms with Crippen LogP contribution in [0.4, 0.5) is 0 Å². The van der Waals surface area contributed by atoms with Gasteiger partial charge in [0.1, 0.15) is 0 Å². The SMILES string of the molecule is CC(O)CC(C)O.CCCOC(=O)c1ccccc1.CCCOC(=O)c1ccccc1. The Morgan fingerprint density at radius 3 is 1.26 bits per heavy atom. The molecule has 0 aliphatic heterocycles. The van der Waals surface area contributed by atoms with E-state index in [-0.39, 0.29) is 24.1 Å². The fraction of sp³-hybridized carbons (Fsp3) is 0.440. The minimum absolute atomic E-state index is 0.238. The summed E-state index contributed by atoms with van der Waals surface area (Å²) in [6.45, 7) is 8.25. The molecule has 0 amide bonds. The van der Waals surface area contributed by atoms with Gasteiger partial charge in [0.25, 0.3) is 0 Å². The van der Waals surface area contributed by atoms with Crippen LogP contribution >= 0.6 is 0 Å². The first-order valence-corrected chi connectivity index (χ1v) is 10.6. The summed E-state index contributed by atoms with van der Waals surface area (Å²) in [6.07, 6.45) is 1.44. The van der Waals surface area contributed by atoms with Crippen LogP contribution in [0.2, 0.25) is 0 Å². The molecule has 2 N–H and O–H groups in total. The van der Waals surface area contributed by atoms with Crippen LogP contribution in [0.25, 0.3) is 0 Å². The molecule has 2 rings (SSSR count). The van der Waals surface area contributed by atoms with Crippen LogP contribution in [0.1, 0.15) is 67.7 Å². The highest BCUT2D eigenvalue weighted by molar-refractivity contribution is 5.89. The molecule has 0 fully saturated rings. The van der Waals surface area contributed by atoms with Gasteiger partial charge < -0.3 is 19.7 Å². The van der Waals surface area contributed by atoms with Gasteiger partial charge in [0.15, 0.2) is 0 Å². The molecule has 0 bridgehead atoms. The highest BCUT2D eigenvalue weighted by Crippen LogP contribution is 2.01. The summed E-state index contributed by atoms with van der Waals surface area (Å²) in [4.78, 5) is 22.4. The van der Waals surface area contributed by atoms with Crippen molar-refractivity contribution in [1.82, 2.24) is 0 Å². The standard InChI is InChI=1S/2C10H12O2.C5H12O2/c2*1-2-8-12-10(11)9-6-4-3-5-7-9;1-4(6)3-5(2)7/h2*3-7H,2,8H2,1H3;4-7H,3H2,1-2H3. The minimum atomic E-state index is -0.375. The Bertz CT molecular complexity index is 637. The van der Waals surface area contributed by atoms with E-state index < -0.39 is 0 Å². The molecule has 2 aromatic carbocycles. The van der Waals surface area contributed by atoms with Gasteiger partial charge in [-0.15, -0.1) is 0 Å². The van der Waals surface area contributed by atoms with E-state index in [1.807, 2.05) is 50.2 Å². The second-order valence-electron chi connectivity index (χ2n) is 6.94. The minimum Gasteiger partial charge on any atom is -0.462 e. The van der Waals surface area contributed by atoms with Gasteiger partial charge in [-0.25, -0.2) is 9.59 Å². The number of carbonyl (C=O) groups is 2. The second kappa shape index (κ2) is 18.1. The van der Waals surface area contributed by atoms with Gasteiger partial charge >= 0.3 is 11.9 Å². The van der Waals surface area contributed by atoms with Crippen molar-refractivity contribution in [3.63, 3.8) is 0 Å². The summed E-state index contributed by atoms with van der Waals surface area (Å²) in [5.74, 6) is -0.477. The molecule has 2 aromatic rings. The monoisotopic (exact) mass is 432 g/mol. The van der Waals surface area contributed by atoms with E-state index in [9.17, 15) is 9.59 Å². The van der Waals surface area contributed by atoms with E-state index in [1.165, 1.54) is 0 Å². The first kappa shape index (κ1) is 28.3. The van der Waals surface area contributed by atoms with Crippen molar-refractivity contribution in [2.45, 2.75) is 59.2 Å². The van der Waals surface area contributed by atoms with E-state index in [2.05, 4.69) is 0 Å². The van der Waals surface area contributed by atoms with Crippen molar-refractivity contribution in [2.75, 3.05) is 13.2 Å².